The Morgan fingerprint density at radius 3 is 2.24 bits per heavy atom. The molecule has 0 saturated carbocycles. The number of likely N-dealkylation sites (tertiary alicyclic amines) is 1. The number of nitrogens with one attached hydrogen (secondary N) is 1. The zero-order valence-corrected chi connectivity index (χ0v) is 15.2. The lowest BCUT2D eigenvalue weighted by Crippen LogP contribution is -2.39. The van der Waals surface area contributed by atoms with Crippen molar-refractivity contribution < 1.29 is 14.4 Å². The van der Waals surface area contributed by atoms with Gasteiger partial charge in [0.05, 0.1) is 5.71 Å². The first kappa shape index (κ1) is 19.0. The van der Waals surface area contributed by atoms with Gasteiger partial charge in [-0.2, -0.15) is 0 Å². The van der Waals surface area contributed by atoms with E-state index in [4.69, 9.17) is 4.84 Å². The first-order valence-electron chi connectivity index (χ1n) is 8.84. The molecule has 1 fully saturated rings. The minimum absolute atomic E-state index is 0.000504. The second-order valence-corrected chi connectivity index (χ2v) is 6.42. The molecule has 1 N–H and O–H groups in total. The van der Waals surface area contributed by atoms with Gasteiger partial charge in [0.2, 0.25) is 12.0 Å². The van der Waals surface area contributed by atoms with Gasteiger partial charge in [-0.3, -0.25) is 9.59 Å². The molecule has 1 aliphatic heterocycles. The molecule has 136 valence electrons. The van der Waals surface area contributed by atoms with E-state index in [2.05, 4.69) is 10.5 Å². The average molecular weight is 345 g/mol. The first-order valence-corrected chi connectivity index (χ1v) is 8.84. The highest BCUT2D eigenvalue weighted by atomic mass is 16.6. The van der Waals surface area contributed by atoms with Gasteiger partial charge in [-0.15, -0.1) is 0 Å². The van der Waals surface area contributed by atoms with E-state index in [1.807, 2.05) is 36.1 Å². The van der Waals surface area contributed by atoms with E-state index < -0.39 is 6.10 Å². The van der Waals surface area contributed by atoms with Gasteiger partial charge in [-0.05, 0) is 44.4 Å². The van der Waals surface area contributed by atoms with Crippen LogP contribution < -0.4 is 5.32 Å². The van der Waals surface area contributed by atoms with Crippen LogP contribution in [0.5, 0.6) is 0 Å². The third-order valence-corrected chi connectivity index (χ3v) is 4.24. The molecule has 1 aromatic rings. The molecule has 1 atom stereocenters. The van der Waals surface area contributed by atoms with Crippen LogP contribution in [0.15, 0.2) is 29.4 Å². The molecular formula is C19H27N3O3. The van der Waals surface area contributed by atoms with E-state index >= 15 is 0 Å². The zero-order valence-electron chi connectivity index (χ0n) is 15.2. The lowest BCUT2D eigenvalue weighted by molar-refractivity contribution is -0.142. The molecule has 0 bridgehead atoms. The third-order valence-electron chi connectivity index (χ3n) is 4.24. The summed E-state index contributed by atoms with van der Waals surface area (Å²) in [5.74, 6) is -0.109. The predicted octanol–water partition coefficient (Wildman–Crippen LogP) is 3.18. The zero-order chi connectivity index (χ0) is 18.2. The normalized spacial score (nSPS) is 16.8. The van der Waals surface area contributed by atoms with Crippen LogP contribution in [0.25, 0.3) is 0 Å². The molecule has 1 saturated heterocycles. The van der Waals surface area contributed by atoms with Crippen molar-refractivity contribution in [2.24, 2.45) is 5.16 Å². The largest absolute Gasteiger partial charge is 0.382 e. The van der Waals surface area contributed by atoms with E-state index in [1.165, 1.54) is 19.8 Å². The summed E-state index contributed by atoms with van der Waals surface area (Å²) < 4.78 is 0. The monoisotopic (exact) mass is 345 g/mol. The molecular weight excluding hydrogens is 318 g/mol. The maximum absolute atomic E-state index is 12.4. The number of oxime groups is 1. The molecule has 0 spiro atoms. The summed E-state index contributed by atoms with van der Waals surface area (Å²) in [6.07, 6.45) is 3.89. The summed E-state index contributed by atoms with van der Waals surface area (Å²) in [5.41, 5.74) is 2.29. The number of carbonyl (C=O) groups excluding carboxylic acids is 2. The van der Waals surface area contributed by atoms with Crippen LogP contribution in [0.3, 0.4) is 0 Å². The molecule has 1 aliphatic rings. The fourth-order valence-corrected chi connectivity index (χ4v) is 2.80. The van der Waals surface area contributed by atoms with Gasteiger partial charge in [-0.25, -0.2) is 0 Å². The minimum atomic E-state index is -0.591. The number of carbonyl (C=O) groups is 2. The van der Waals surface area contributed by atoms with Crippen LogP contribution in [0.1, 0.15) is 52.0 Å². The molecule has 2 rings (SSSR count). The molecule has 0 radical (unpaired) electrons. The van der Waals surface area contributed by atoms with Crippen molar-refractivity contribution in [3.05, 3.63) is 29.8 Å². The quantitative estimate of drug-likeness (QED) is 0.658. The Labute approximate surface area is 149 Å². The number of hydrogen-bond acceptors (Lipinski definition) is 4. The van der Waals surface area contributed by atoms with E-state index in [0.717, 1.165) is 37.2 Å². The Morgan fingerprint density at radius 2 is 1.68 bits per heavy atom. The standard InChI is InChI=1S/C19H27N3O3/c1-14(17-8-10-18(11-9-17)20-16(3)23)21-25-15(2)19(24)22-12-6-4-5-7-13-22/h8-11,15H,4-7,12-13H2,1-3H3,(H,20,23)/b21-14+. The third kappa shape index (κ3) is 5.89. The van der Waals surface area contributed by atoms with Gasteiger partial charge >= 0.3 is 0 Å². The molecule has 25 heavy (non-hydrogen) atoms. The number of rotatable bonds is 5. The predicted molar refractivity (Wildman–Crippen MR) is 98.6 cm³/mol. The average Bonchev–Trinajstić information content (AvgIpc) is 2.88. The van der Waals surface area contributed by atoms with Gasteiger partial charge in [-0.1, -0.05) is 30.1 Å². The van der Waals surface area contributed by atoms with Crippen molar-refractivity contribution in [1.29, 1.82) is 0 Å². The van der Waals surface area contributed by atoms with Crippen molar-refractivity contribution in [2.75, 3.05) is 18.4 Å². The lowest BCUT2D eigenvalue weighted by atomic mass is 10.1. The van der Waals surface area contributed by atoms with Crippen molar-refractivity contribution >= 4 is 23.2 Å². The van der Waals surface area contributed by atoms with Crippen LogP contribution in [0, 0.1) is 0 Å². The Balaban J connectivity index is 1.92. The summed E-state index contributed by atoms with van der Waals surface area (Å²) in [6.45, 7) is 6.65. The Hall–Kier alpha value is -2.37. The van der Waals surface area contributed by atoms with Crippen molar-refractivity contribution in [3.63, 3.8) is 0 Å². The Bertz CT molecular complexity index is 617. The van der Waals surface area contributed by atoms with E-state index in [-0.39, 0.29) is 11.8 Å². The summed E-state index contributed by atoms with van der Waals surface area (Å²) in [6, 6.07) is 7.33. The molecule has 2 amide bonds. The van der Waals surface area contributed by atoms with Gasteiger partial charge in [0, 0.05) is 25.7 Å². The maximum atomic E-state index is 12.4. The summed E-state index contributed by atoms with van der Waals surface area (Å²) >= 11 is 0. The van der Waals surface area contributed by atoms with Crippen LogP contribution >= 0.6 is 0 Å². The summed E-state index contributed by atoms with van der Waals surface area (Å²) in [4.78, 5) is 30.8. The highest BCUT2D eigenvalue weighted by Crippen LogP contribution is 2.13. The summed E-state index contributed by atoms with van der Waals surface area (Å²) in [5, 5.41) is 6.82. The Morgan fingerprint density at radius 1 is 1.08 bits per heavy atom. The first-order chi connectivity index (χ1) is 12.0. The van der Waals surface area contributed by atoms with Crippen molar-refractivity contribution in [2.45, 2.75) is 52.6 Å². The maximum Gasteiger partial charge on any atom is 0.266 e. The summed E-state index contributed by atoms with van der Waals surface area (Å²) in [7, 11) is 0. The Kier molecular flexibility index (Phi) is 6.98. The van der Waals surface area contributed by atoms with Crippen LogP contribution in [-0.4, -0.2) is 41.6 Å². The number of amides is 2. The number of hydrogen-bond donors (Lipinski definition) is 1. The van der Waals surface area contributed by atoms with E-state index in [0.29, 0.717) is 5.71 Å². The molecule has 0 aliphatic carbocycles. The van der Waals surface area contributed by atoms with Gasteiger partial charge in [0.1, 0.15) is 0 Å². The minimum Gasteiger partial charge on any atom is -0.382 e. The topological polar surface area (TPSA) is 71.0 Å². The van der Waals surface area contributed by atoms with Gasteiger partial charge in [0.15, 0.2) is 0 Å². The van der Waals surface area contributed by atoms with E-state index in [1.54, 1.807) is 6.92 Å². The molecule has 0 aromatic heterocycles. The smallest absolute Gasteiger partial charge is 0.266 e. The second kappa shape index (κ2) is 9.20. The fraction of sp³-hybridized carbons (Fsp3) is 0.526. The fourth-order valence-electron chi connectivity index (χ4n) is 2.80. The number of nitrogens with zero attached hydrogens (tertiary/aromatic N) is 2. The molecule has 6 heteroatoms. The lowest BCUT2D eigenvalue weighted by Gasteiger charge is -2.23. The highest BCUT2D eigenvalue weighted by Gasteiger charge is 2.22. The number of anilines is 1. The van der Waals surface area contributed by atoms with Crippen LogP contribution in [0.4, 0.5) is 5.69 Å². The molecule has 1 heterocycles. The van der Waals surface area contributed by atoms with Crippen molar-refractivity contribution in [1.82, 2.24) is 4.90 Å². The highest BCUT2D eigenvalue weighted by molar-refractivity contribution is 5.99. The SMILES string of the molecule is CC(=O)Nc1ccc(/C(C)=N/OC(C)C(=O)N2CCCCCC2)cc1. The van der Waals surface area contributed by atoms with Crippen molar-refractivity contribution in [3.8, 4) is 0 Å². The number of benzene rings is 1. The molecule has 6 nitrogen and oxygen atoms in total. The van der Waals surface area contributed by atoms with Gasteiger partial charge in [0.25, 0.3) is 5.91 Å². The van der Waals surface area contributed by atoms with Crippen LogP contribution in [-0.2, 0) is 14.4 Å². The van der Waals surface area contributed by atoms with Gasteiger partial charge < -0.3 is 15.1 Å². The molecule has 1 unspecified atom stereocenters. The second-order valence-electron chi connectivity index (χ2n) is 6.42. The molecule has 1 aromatic carbocycles. The van der Waals surface area contributed by atoms with Crippen LogP contribution in [0.2, 0.25) is 0 Å². The van der Waals surface area contributed by atoms with E-state index in [9.17, 15) is 9.59 Å².